The number of amides is 1. The highest BCUT2D eigenvalue weighted by Crippen LogP contribution is 2.17. The highest BCUT2D eigenvalue weighted by molar-refractivity contribution is 6.02. The zero-order chi connectivity index (χ0) is 20.9. The normalized spacial score (nSPS) is 10.9. The van der Waals surface area contributed by atoms with Gasteiger partial charge in [-0.15, -0.1) is 0 Å². The van der Waals surface area contributed by atoms with Gasteiger partial charge in [-0.1, -0.05) is 12.1 Å². The van der Waals surface area contributed by atoms with Crippen molar-refractivity contribution in [1.82, 2.24) is 19.6 Å². The van der Waals surface area contributed by atoms with Gasteiger partial charge in [-0.05, 0) is 43.7 Å². The third-order valence-electron chi connectivity index (χ3n) is 4.50. The van der Waals surface area contributed by atoms with E-state index < -0.39 is 0 Å². The van der Waals surface area contributed by atoms with Gasteiger partial charge in [0.25, 0.3) is 5.91 Å². The molecule has 0 saturated carbocycles. The molecule has 0 unspecified atom stereocenters. The van der Waals surface area contributed by atoms with Gasteiger partial charge in [0, 0.05) is 24.5 Å². The minimum atomic E-state index is -0.338. The number of anilines is 1. The van der Waals surface area contributed by atoms with Crippen LogP contribution in [0.15, 0.2) is 65.6 Å². The molecule has 1 amide bonds. The molecule has 0 radical (unpaired) electrons. The van der Waals surface area contributed by atoms with Gasteiger partial charge in [-0.2, -0.15) is 10.2 Å². The Morgan fingerprint density at radius 3 is 2.80 bits per heavy atom. The van der Waals surface area contributed by atoms with Crippen LogP contribution in [0, 0.1) is 6.92 Å². The number of benzene rings is 1. The van der Waals surface area contributed by atoms with Crippen molar-refractivity contribution in [1.29, 1.82) is 0 Å². The second-order valence-electron chi connectivity index (χ2n) is 6.96. The Morgan fingerprint density at radius 1 is 1.13 bits per heavy atom. The van der Waals surface area contributed by atoms with Crippen LogP contribution in [0.3, 0.4) is 0 Å². The summed E-state index contributed by atoms with van der Waals surface area (Å²) < 4.78 is 14.9. The average molecular weight is 405 g/mol. The van der Waals surface area contributed by atoms with E-state index in [0.717, 1.165) is 23.4 Å². The molecule has 154 valence electrons. The molecule has 0 bridgehead atoms. The SMILES string of the molecule is CCn1cc(Cn2cc(NC(=O)c3ccc(COc4cccc(C)c4)o3)cn2)cn1. The Morgan fingerprint density at radius 2 is 2.00 bits per heavy atom. The van der Waals surface area contributed by atoms with Crippen LogP contribution in [0.5, 0.6) is 5.75 Å². The van der Waals surface area contributed by atoms with E-state index in [1.807, 2.05) is 55.2 Å². The van der Waals surface area contributed by atoms with E-state index in [2.05, 4.69) is 15.5 Å². The number of ether oxygens (including phenoxy) is 1. The van der Waals surface area contributed by atoms with Crippen molar-refractivity contribution in [3.05, 3.63) is 83.8 Å². The van der Waals surface area contributed by atoms with E-state index in [0.29, 0.717) is 18.0 Å². The van der Waals surface area contributed by atoms with Crippen molar-refractivity contribution in [2.75, 3.05) is 5.32 Å². The quantitative estimate of drug-likeness (QED) is 0.481. The molecule has 0 aliphatic rings. The first-order valence-electron chi connectivity index (χ1n) is 9.72. The Balaban J connectivity index is 1.32. The van der Waals surface area contributed by atoms with Crippen LogP contribution in [0.25, 0.3) is 0 Å². The number of hydrogen-bond donors (Lipinski definition) is 1. The first-order valence-corrected chi connectivity index (χ1v) is 9.72. The molecule has 1 N–H and O–H groups in total. The highest BCUT2D eigenvalue weighted by Gasteiger charge is 2.13. The summed E-state index contributed by atoms with van der Waals surface area (Å²) in [5, 5.41) is 11.3. The standard InChI is InChI=1S/C22H23N5O3/c1-3-26-12-17(10-23-26)13-27-14-18(11-24-27)25-22(28)21-8-7-20(30-21)15-29-19-6-4-5-16(2)9-19/h4-12,14H,3,13,15H2,1-2H3,(H,25,28). The zero-order valence-corrected chi connectivity index (χ0v) is 16.9. The number of hydrogen-bond acceptors (Lipinski definition) is 5. The smallest absolute Gasteiger partial charge is 0.291 e. The molecule has 8 heteroatoms. The van der Waals surface area contributed by atoms with Crippen LogP contribution >= 0.6 is 0 Å². The summed E-state index contributed by atoms with van der Waals surface area (Å²) in [5.74, 6) is 1.21. The van der Waals surface area contributed by atoms with Crippen LogP contribution in [-0.2, 0) is 19.7 Å². The lowest BCUT2D eigenvalue weighted by atomic mass is 10.2. The van der Waals surface area contributed by atoms with Crippen LogP contribution in [-0.4, -0.2) is 25.5 Å². The van der Waals surface area contributed by atoms with Crippen molar-refractivity contribution in [3.63, 3.8) is 0 Å². The van der Waals surface area contributed by atoms with E-state index in [-0.39, 0.29) is 18.3 Å². The van der Waals surface area contributed by atoms with Crippen molar-refractivity contribution in [2.45, 2.75) is 33.5 Å². The fourth-order valence-electron chi connectivity index (χ4n) is 2.99. The van der Waals surface area contributed by atoms with E-state index in [4.69, 9.17) is 9.15 Å². The van der Waals surface area contributed by atoms with Gasteiger partial charge in [0.1, 0.15) is 18.1 Å². The maximum atomic E-state index is 12.5. The van der Waals surface area contributed by atoms with Crippen molar-refractivity contribution in [2.24, 2.45) is 0 Å². The molecule has 0 aliphatic carbocycles. The molecule has 8 nitrogen and oxygen atoms in total. The highest BCUT2D eigenvalue weighted by atomic mass is 16.5. The summed E-state index contributed by atoms with van der Waals surface area (Å²) in [7, 11) is 0. The Kier molecular flexibility index (Phi) is 5.65. The van der Waals surface area contributed by atoms with E-state index >= 15 is 0 Å². The fourth-order valence-corrected chi connectivity index (χ4v) is 2.99. The largest absolute Gasteiger partial charge is 0.486 e. The number of carbonyl (C=O) groups excluding carboxylic acids is 1. The van der Waals surface area contributed by atoms with Gasteiger partial charge in [-0.3, -0.25) is 14.2 Å². The van der Waals surface area contributed by atoms with Gasteiger partial charge >= 0.3 is 0 Å². The first-order chi connectivity index (χ1) is 14.6. The van der Waals surface area contributed by atoms with E-state index in [1.165, 1.54) is 0 Å². The maximum absolute atomic E-state index is 12.5. The van der Waals surface area contributed by atoms with Crippen LogP contribution < -0.4 is 10.1 Å². The molecule has 0 aliphatic heterocycles. The summed E-state index contributed by atoms with van der Waals surface area (Å²) in [6.07, 6.45) is 7.16. The summed E-state index contributed by atoms with van der Waals surface area (Å²) in [6.45, 7) is 5.69. The van der Waals surface area contributed by atoms with Gasteiger partial charge in [0.15, 0.2) is 5.76 Å². The lowest BCUT2D eigenvalue weighted by Gasteiger charge is -2.04. The molecule has 0 spiro atoms. The summed E-state index contributed by atoms with van der Waals surface area (Å²) in [4.78, 5) is 12.5. The maximum Gasteiger partial charge on any atom is 0.291 e. The lowest BCUT2D eigenvalue weighted by molar-refractivity contribution is 0.0992. The first kappa shape index (κ1) is 19.5. The number of nitrogens with one attached hydrogen (secondary N) is 1. The van der Waals surface area contributed by atoms with Crippen molar-refractivity contribution >= 4 is 11.6 Å². The number of rotatable bonds is 8. The minimum absolute atomic E-state index is 0.217. The molecular weight excluding hydrogens is 382 g/mol. The molecule has 4 aromatic rings. The number of aryl methyl sites for hydroxylation is 2. The predicted molar refractivity (Wildman–Crippen MR) is 111 cm³/mol. The van der Waals surface area contributed by atoms with Gasteiger partial charge in [0.2, 0.25) is 0 Å². The molecule has 0 atom stereocenters. The molecule has 1 aromatic carbocycles. The summed E-state index contributed by atoms with van der Waals surface area (Å²) in [5.41, 5.74) is 2.76. The molecule has 30 heavy (non-hydrogen) atoms. The number of carbonyl (C=O) groups is 1. The predicted octanol–water partition coefficient (Wildman–Crippen LogP) is 3.88. The Bertz CT molecular complexity index is 1140. The monoisotopic (exact) mass is 405 g/mol. The average Bonchev–Trinajstić information content (AvgIpc) is 3.48. The van der Waals surface area contributed by atoms with Crippen LogP contribution in [0.1, 0.15) is 34.4 Å². The third-order valence-corrected chi connectivity index (χ3v) is 4.50. The van der Waals surface area contributed by atoms with E-state index in [9.17, 15) is 4.79 Å². The molecule has 0 fully saturated rings. The Hall–Kier alpha value is -3.81. The van der Waals surface area contributed by atoms with Gasteiger partial charge < -0.3 is 14.5 Å². The topological polar surface area (TPSA) is 87.1 Å². The van der Waals surface area contributed by atoms with Crippen LogP contribution in [0.2, 0.25) is 0 Å². The lowest BCUT2D eigenvalue weighted by Crippen LogP contribution is -2.10. The fraction of sp³-hybridized carbons (Fsp3) is 0.227. The second kappa shape index (κ2) is 8.69. The van der Waals surface area contributed by atoms with Gasteiger partial charge in [-0.25, -0.2) is 0 Å². The number of furan rings is 1. The van der Waals surface area contributed by atoms with E-state index in [1.54, 1.807) is 29.2 Å². The van der Waals surface area contributed by atoms with Crippen molar-refractivity contribution < 1.29 is 13.9 Å². The number of nitrogens with zero attached hydrogens (tertiary/aromatic N) is 4. The Labute approximate surface area is 174 Å². The molecule has 3 heterocycles. The summed E-state index contributed by atoms with van der Waals surface area (Å²) in [6, 6.07) is 11.1. The summed E-state index contributed by atoms with van der Waals surface area (Å²) >= 11 is 0. The molecule has 3 aromatic heterocycles. The van der Waals surface area contributed by atoms with Gasteiger partial charge in [0.05, 0.1) is 24.6 Å². The second-order valence-corrected chi connectivity index (χ2v) is 6.96. The van der Waals surface area contributed by atoms with Crippen molar-refractivity contribution in [3.8, 4) is 5.75 Å². The zero-order valence-electron chi connectivity index (χ0n) is 16.9. The minimum Gasteiger partial charge on any atom is -0.486 e. The number of aromatic nitrogens is 4. The third kappa shape index (κ3) is 4.78. The molecular formula is C22H23N5O3. The molecule has 4 rings (SSSR count). The molecule has 0 saturated heterocycles. The van der Waals surface area contributed by atoms with Crippen LogP contribution in [0.4, 0.5) is 5.69 Å².